The Hall–Kier alpha value is -6.96. The third-order valence-electron chi connectivity index (χ3n) is 12.0. The highest BCUT2D eigenvalue weighted by molar-refractivity contribution is 6.01. The zero-order valence-electron chi connectivity index (χ0n) is 41.8. The number of fused-ring (bicyclic) bond motifs is 3. The van der Waals surface area contributed by atoms with Gasteiger partial charge in [-0.1, -0.05) is 138 Å². The van der Waals surface area contributed by atoms with E-state index in [4.69, 9.17) is 6.11 Å². The van der Waals surface area contributed by atoms with Gasteiger partial charge in [-0.15, -0.1) is 0 Å². The molecule has 5 rings (SSSR count). The molecule has 8 N–H and O–H groups in total. The Labute approximate surface area is 417 Å². The van der Waals surface area contributed by atoms with Gasteiger partial charge in [0.2, 0.25) is 29.5 Å². The van der Waals surface area contributed by atoms with Crippen LogP contribution < -0.4 is 31.9 Å². The van der Waals surface area contributed by atoms with E-state index in [0.717, 1.165) is 0 Å². The number of aliphatic hydroxyl groups is 2. The first-order valence-corrected chi connectivity index (χ1v) is 23.4. The predicted octanol–water partition coefficient (Wildman–Crippen LogP) is 3.82. The Morgan fingerprint density at radius 2 is 1.19 bits per heavy atom. The highest BCUT2D eigenvalue weighted by Crippen LogP contribution is 2.47. The lowest BCUT2D eigenvalue weighted by Gasteiger charge is -2.34. The lowest BCUT2D eigenvalue weighted by molar-refractivity contribution is -0.147. The average Bonchev–Trinajstić information content (AvgIpc) is 3.60. The molecule has 72 heavy (non-hydrogen) atoms. The van der Waals surface area contributed by atoms with Gasteiger partial charge in [-0.2, -0.15) is 13.2 Å². The average molecular weight is 1000 g/mol. The molecule has 0 bridgehead atoms. The van der Waals surface area contributed by atoms with Gasteiger partial charge in [0.05, 0.1) is 33.6 Å². The van der Waals surface area contributed by atoms with Gasteiger partial charge >= 0.3 is 6.18 Å². The predicted molar refractivity (Wildman–Crippen MR) is 260 cm³/mol. The van der Waals surface area contributed by atoms with Crippen molar-refractivity contribution in [3.63, 3.8) is 0 Å². The molecule has 7 atom stereocenters. The number of hydrogen-bond acceptors (Lipinski definition) is 10. The molecule has 0 saturated carbocycles. The highest BCUT2D eigenvalue weighted by Gasteiger charge is 2.49. The van der Waals surface area contributed by atoms with Crippen LogP contribution in [0.5, 0.6) is 0 Å². The molecule has 0 radical (unpaired) electrons. The van der Waals surface area contributed by atoms with Crippen molar-refractivity contribution in [2.75, 3.05) is 13.2 Å². The molecule has 1 aliphatic carbocycles. The standard InChI is InChI=1S/C53H63F3N6O10/c1-31(2)24-40(45(65)57-35(27-63)26-52(54,55)56)59-49(69)44(51(4,5)6)62-46(66)41(25-34-19-11-10-16-32(34)3)58-48(68)43(30-72-29-33-17-8-7-9-18-33)60-47(67)42(28-64)61-50(70)53(71)38-22-14-12-20-36(38)37-21-13-15-23-39(37)53/h7-23,27,31,35,40-44,64,71H,24-26,28-30H2,1-6H3,(H,57,65)(H,58,68)(H,59,69)(H,60,67)(H,61,70)(H,62,66)/t35?,40-,41-,42-,43-,44+/m0/s1/i29D/t29?,35?,40-,41-,42-,43-,44+. The number of alkyl halides is 3. The van der Waals surface area contributed by atoms with Crippen LogP contribution in [0.4, 0.5) is 13.2 Å². The Kier molecular flexibility index (Phi) is 18.5. The van der Waals surface area contributed by atoms with E-state index in [-0.39, 0.29) is 36.2 Å². The summed E-state index contributed by atoms with van der Waals surface area (Å²) in [5, 5.41) is 37.4. The second-order valence-corrected chi connectivity index (χ2v) is 19.2. The first-order valence-electron chi connectivity index (χ1n) is 24.0. The number of amides is 6. The molecule has 0 fully saturated rings. The minimum Gasteiger partial charge on any atom is -0.394 e. The van der Waals surface area contributed by atoms with Crippen LogP contribution in [0.2, 0.25) is 0 Å². The lowest BCUT2D eigenvalue weighted by atomic mass is 9.85. The van der Waals surface area contributed by atoms with Gasteiger partial charge in [-0.25, -0.2) is 0 Å². The fourth-order valence-electron chi connectivity index (χ4n) is 8.22. The Bertz CT molecular complexity index is 2570. The van der Waals surface area contributed by atoms with Crippen molar-refractivity contribution in [1.29, 1.82) is 0 Å². The van der Waals surface area contributed by atoms with Gasteiger partial charge in [-0.05, 0) is 52.5 Å². The molecule has 6 amide bonds. The van der Waals surface area contributed by atoms with Crippen molar-refractivity contribution in [3.05, 3.63) is 131 Å². The van der Waals surface area contributed by atoms with E-state index in [9.17, 15) is 56.9 Å². The first-order chi connectivity index (χ1) is 34.4. The maximum absolute atomic E-state index is 14.6. The number of nitrogens with one attached hydrogen (secondary N) is 6. The van der Waals surface area contributed by atoms with Crippen molar-refractivity contribution in [2.24, 2.45) is 11.3 Å². The van der Waals surface area contributed by atoms with Crippen LogP contribution in [-0.2, 0) is 56.9 Å². The maximum atomic E-state index is 14.6. The number of carbonyl (C=O) groups excluding carboxylic acids is 7. The summed E-state index contributed by atoms with van der Waals surface area (Å²) in [6.07, 6.45) is -6.72. The van der Waals surface area contributed by atoms with E-state index in [0.29, 0.717) is 27.8 Å². The van der Waals surface area contributed by atoms with Gasteiger partial charge in [-0.3, -0.25) is 28.8 Å². The van der Waals surface area contributed by atoms with Gasteiger partial charge in [0, 0.05) is 17.5 Å². The largest absolute Gasteiger partial charge is 0.394 e. The number of halogens is 3. The lowest BCUT2D eigenvalue weighted by Crippen LogP contribution is -2.63. The maximum Gasteiger partial charge on any atom is 0.391 e. The smallest absolute Gasteiger partial charge is 0.391 e. The minimum absolute atomic E-state index is 0.0546. The van der Waals surface area contributed by atoms with Crippen molar-refractivity contribution >= 4 is 41.7 Å². The highest BCUT2D eigenvalue weighted by atomic mass is 19.4. The fraction of sp³-hybridized carbons (Fsp3) is 0.415. The van der Waals surface area contributed by atoms with Crippen LogP contribution in [0.1, 0.15) is 76.6 Å². The minimum atomic E-state index is -4.78. The summed E-state index contributed by atoms with van der Waals surface area (Å²) in [6.45, 7) is 6.89. The molecule has 2 unspecified atom stereocenters. The number of ether oxygens (including phenoxy) is 1. The van der Waals surface area contributed by atoms with Gasteiger partial charge in [0.1, 0.15) is 36.5 Å². The normalized spacial score (nSPS) is 15.9. The van der Waals surface area contributed by atoms with Crippen LogP contribution in [-0.4, -0.2) is 108 Å². The molecule has 386 valence electrons. The zero-order valence-corrected chi connectivity index (χ0v) is 40.8. The SMILES string of the molecule is [2H]C(OC[C@H](NC(=O)[C@H](CO)NC(=O)C1(O)c2ccccc2-c2ccccc21)C(=O)N[C@@H](Cc1ccccc1C)C(=O)N[C@H](C(=O)N[C@@H](CC(C)C)C(=O)NC(C=O)CC(F)(F)F)C(C)(C)C)c1ccccc1. The van der Waals surface area contributed by atoms with E-state index in [2.05, 4.69) is 26.6 Å². The third-order valence-corrected chi connectivity index (χ3v) is 12.0. The summed E-state index contributed by atoms with van der Waals surface area (Å²) < 4.78 is 54.0. The van der Waals surface area contributed by atoms with Gasteiger partial charge in [0.15, 0.2) is 5.60 Å². The summed E-state index contributed by atoms with van der Waals surface area (Å²) >= 11 is 0. The van der Waals surface area contributed by atoms with Crippen molar-refractivity contribution in [2.45, 2.75) is 115 Å². The zero-order chi connectivity index (χ0) is 53.8. The number of carbonyl (C=O) groups is 7. The number of hydrogen-bond donors (Lipinski definition) is 8. The number of aldehydes is 1. The Morgan fingerprint density at radius 3 is 1.75 bits per heavy atom. The van der Waals surface area contributed by atoms with Crippen LogP contribution in [0.15, 0.2) is 103 Å². The van der Waals surface area contributed by atoms with E-state index in [1.165, 1.54) is 0 Å². The molecule has 0 spiro atoms. The van der Waals surface area contributed by atoms with Crippen molar-refractivity contribution in [3.8, 4) is 11.1 Å². The van der Waals surface area contributed by atoms with Crippen molar-refractivity contribution in [1.82, 2.24) is 31.9 Å². The fourth-order valence-corrected chi connectivity index (χ4v) is 8.22. The van der Waals surface area contributed by atoms with Crippen LogP contribution >= 0.6 is 0 Å². The molecular formula is C53H63F3N6O10. The molecule has 16 nitrogen and oxygen atoms in total. The Morgan fingerprint density at radius 1 is 0.681 bits per heavy atom. The second kappa shape index (κ2) is 24.4. The third kappa shape index (κ3) is 14.6. The van der Waals surface area contributed by atoms with Crippen LogP contribution in [0, 0.1) is 18.3 Å². The molecular weight excluding hydrogens is 938 g/mol. The molecule has 19 heteroatoms. The summed E-state index contributed by atoms with van der Waals surface area (Å²) in [4.78, 5) is 96.4. The quantitative estimate of drug-likeness (QED) is 0.0500. The van der Waals surface area contributed by atoms with E-state index < -0.39 is 115 Å². The molecule has 0 saturated heterocycles. The summed E-state index contributed by atoms with van der Waals surface area (Å²) in [7, 11) is 0. The number of aryl methyl sites for hydroxylation is 1. The van der Waals surface area contributed by atoms with E-state index >= 15 is 0 Å². The second-order valence-electron chi connectivity index (χ2n) is 19.2. The molecule has 0 aliphatic heterocycles. The van der Waals surface area contributed by atoms with Crippen molar-refractivity contribution < 1.29 is 63.1 Å². The molecule has 0 aromatic heterocycles. The molecule has 1 aliphatic rings. The van der Waals surface area contributed by atoms with Gasteiger partial charge < -0.3 is 51.6 Å². The molecule has 0 heterocycles. The molecule has 4 aromatic carbocycles. The Balaban J connectivity index is 1.43. The molecule has 4 aromatic rings. The monoisotopic (exact) mass is 1000 g/mol. The number of benzene rings is 4. The summed E-state index contributed by atoms with van der Waals surface area (Å²) in [5.41, 5.74) is -0.0940. The van der Waals surface area contributed by atoms with E-state index in [1.54, 1.807) is 145 Å². The number of rotatable bonds is 23. The van der Waals surface area contributed by atoms with Crippen LogP contribution in [0.3, 0.4) is 0 Å². The van der Waals surface area contributed by atoms with E-state index in [1.807, 2.05) is 5.32 Å². The topological polar surface area (TPSA) is 241 Å². The van der Waals surface area contributed by atoms with Gasteiger partial charge in [0.25, 0.3) is 5.91 Å². The van der Waals surface area contributed by atoms with Crippen LogP contribution in [0.25, 0.3) is 11.1 Å². The number of aliphatic hydroxyl groups excluding tert-OH is 1. The first kappa shape index (κ1) is 54.4. The summed E-state index contributed by atoms with van der Waals surface area (Å²) in [6, 6.07) is 18.7. The summed E-state index contributed by atoms with van der Waals surface area (Å²) in [5.74, 6) is -6.35.